The summed E-state index contributed by atoms with van der Waals surface area (Å²) in [5, 5.41) is 3.30. The molecule has 0 saturated heterocycles. The van der Waals surface area contributed by atoms with E-state index >= 15 is 0 Å². The van der Waals surface area contributed by atoms with Gasteiger partial charge in [0.15, 0.2) is 0 Å². The van der Waals surface area contributed by atoms with Crippen molar-refractivity contribution < 1.29 is 13.2 Å². The summed E-state index contributed by atoms with van der Waals surface area (Å²) in [6.45, 7) is 0. The van der Waals surface area contributed by atoms with Crippen LogP contribution in [0.5, 0.6) is 0 Å². The Bertz CT molecular complexity index is 185. The molecule has 0 amide bonds. The molecule has 1 heterocycles. The number of hydrogen-bond acceptors (Lipinski definition) is 1. The van der Waals surface area contributed by atoms with E-state index in [0.717, 1.165) is 6.20 Å². The van der Waals surface area contributed by atoms with Crippen molar-refractivity contribution in [2.75, 3.05) is 0 Å². The van der Waals surface area contributed by atoms with Crippen molar-refractivity contribution in [2.45, 2.75) is 12.7 Å². The van der Waals surface area contributed by atoms with Gasteiger partial charge in [-0.3, -0.25) is 0 Å². The second-order valence-electron chi connectivity index (χ2n) is 1.69. The fourth-order valence-corrected chi connectivity index (χ4v) is 0.542. The van der Waals surface area contributed by atoms with Gasteiger partial charge in [0.2, 0.25) is 0 Å². The highest BCUT2D eigenvalue weighted by atomic mass is 19.3. The highest BCUT2D eigenvalue weighted by Gasteiger charge is 2.20. The van der Waals surface area contributed by atoms with E-state index < -0.39 is 12.7 Å². The van der Waals surface area contributed by atoms with Gasteiger partial charge in [-0.1, -0.05) is 0 Å². The second-order valence-corrected chi connectivity index (χ2v) is 1.69. The van der Waals surface area contributed by atoms with Crippen molar-refractivity contribution in [1.82, 2.24) is 9.78 Å². The molecule has 5 heteroatoms. The number of hydrogen-bond donors (Lipinski definition) is 0. The lowest BCUT2D eigenvalue weighted by Crippen LogP contribution is -2.12. The van der Waals surface area contributed by atoms with E-state index in [0.29, 0.717) is 4.68 Å². The molecule has 1 aromatic rings. The van der Waals surface area contributed by atoms with Crippen molar-refractivity contribution in [3.8, 4) is 0 Å². The Kier molecular flexibility index (Phi) is 1.94. The minimum absolute atomic E-state index is 0.574. The predicted molar refractivity (Wildman–Crippen MR) is 28.4 cm³/mol. The summed E-state index contributed by atoms with van der Waals surface area (Å²) in [6, 6.07) is 1.38. The molecular formula is C5H5F3N2. The average molecular weight is 150 g/mol. The summed E-state index contributed by atoms with van der Waals surface area (Å²) >= 11 is 0. The van der Waals surface area contributed by atoms with Crippen LogP contribution in [0.1, 0.15) is 6.30 Å². The molecule has 56 valence electrons. The molecule has 0 bridgehead atoms. The van der Waals surface area contributed by atoms with Crippen LogP contribution in [0.4, 0.5) is 13.2 Å². The zero-order valence-corrected chi connectivity index (χ0v) is 4.92. The molecule has 0 aromatic carbocycles. The van der Waals surface area contributed by atoms with Crippen LogP contribution in [0.2, 0.25) is 0 Å². The zero-order chi connectivity index (χ0) is 7.56. The molecule has 1 atom stereocenters. The number of alkyl halides is 3. The molecule has 0 aliphatic carbocycles. The van der Waals surface area contributed by atoms with Crippen molar-refractivity contribution in [3.05, 3.63) is 18.5 Å². The van der Waals surface area contributed by atoms with Crippen LogP contribution >= 0.6 is 0 Å². The molecule has 0 radical (unpaired) electrons. The third-order valence-electron chi connectivity index (χ3n) is 0.986. The minimum atomic E-state index is -3.01. The lowest BCUT2D eigenvalue weighted by Gasteiger charge is -2.05. The van der Waals surface area contributed by atoms with Crippen LogP contribution in [0.15, 0.2) is 18.5 Å². The van der Waals surface area contributed by atoms with Crippen molar-refractivity contribution in [1.29, 1.82) is 0 Å². The van der Waals surface area contributed by atoms with Crippen LogP contribution < -0.4 is 0 Å². The quantitative estimate of drug-likeness (QED) is 0.626. The number of nitrogens with zero attached hydrogens (tertiary/aromatic N) is 2. The standard InChI is InChI=1S/C5H5F3N2/c6-4(7)5(8)10-3-1-2-9-10/h1-5H. The highest BCUT2D eigenvalue weighted by Crippen LogP contribution is 2.15. The summed E-state index contributed by atoms with van der Waals surface area (Å²) in [7, 11) is 0. The first-order valence-electron chi connectivity index (χ1n) is 2.63. The first-order valence-corrected chi connectivity index (χ1v) is 2.63. The third-order valence-corrected chi connectivity index (χ3v) is 0.986. The van der Waals surface area contributed by atoms with Crippen LogP contribution in [0, 0.1) is 0 Å². The summed E-state index contributed by atoms with van der Waals surface area (Å²) in [5.41, 5.74) is 0. The average Bonchev–Trinajstić information content (AvgIpc) is 2.36. The van der Waals surface area contributed by atoms with Gasteiger partial charge in [-0.05, 0) is 6.07 Å². The number of rotatable bonds is 2. The maximum Gasteiger partial charge on any atom is 0.289 e. The molecule has 0 saturated carbocycles. The van der Waals surface area contributed by atoms with E-state index in [1.807, 2.05) is 0 Å². The molecule has 10 heavy (non-hydrogen) atoms. The second kappa shape index (κ2) is 2.72. The first kappa shape index (κ1) is 7.11. The molecule has 2 nitrogen and oxygen atoms in total. The summed E-state index contributed by atoms with van der Waals surface area (Å²) in [5.74, 6) is 0. The Hall–Kier alpha value is -1.00. The molecule has 1 unspecified atom stereocenters. The highest BCUT2D eigenvalue weighted by molar-refractivity contribution is 4.79. The van der Waals surface area contributed by atoms with E-state index in [9.17, 15) is 13.2 Å². The Morgan fingerprint density at radius 1 is 1.30 bits per heavy atom. The van der Waals surface area contributed by atoms with E-state index in [4.69, 9.17) is 0 Å². The Labute approximate surface area is 55.3 Å². The normalized spacial score (nSPS) is 14.0. The van der Waals surface area contributed by atoms with E-state index in [1.165, 1.54) is 12.3 Å². The van der Waals surface area contributed by atoms with Crippen LogP contribution in [0.3, 0.4) is 0 Å². The van der Waals surface area contributed by atoms with Gasteiger partial charge in [0, 0.05) is 12.4 Å². The van der Waals surface area contributed by atoms with Gasteiger partial charge in [-0.2, -0.15) is 5.10 Å². The summed E-state index contributed by atoms with van der Waals surface area (Å²) in [4.78, 5) is 0. The first-order chi connectivity index (χ1) is 4.72. The molecule has 0 fully saturated rings. The summed E-state index contributed by atoms with van der Waals surface area (Å²) in [6.07, 6.45) is -2.94. The number of aromatic nitrogens is 2. The maximum atomic E-state index is 12.2. The molecule has 0 spiro atoms. The van der Waals surface area contributed by atoms with Crippen LogP contribution in [-0.2, 0) is 0 Å². The van der Waals surface area contributed by atoms with Crippen molar-refractivity contribution in [3.63, 3.8) is 0 Å². The van der Waals surface area contributed by atoms with Crippen LogP contribution in [-0.4, -0.2) is 16.2 Å². The third kappa shape index (κ3) is 1.29. The number of halogens is 3. The molecule has 0 aliphatic heterocycles. The Balaban J connectivity index is 2.68. The SMILES string of the molecule is FC(F)C(F)n1cccn1. The fraction of sp³-hybridized carbons (Fsp3) is 0.400. The van der Waals surface area contributed by atoms with E-state index in [1.54, 1.807) is 0 Å². The van der Waals surface area contributed by atoms with Gasteiger partial charge in [0.05, 0.1) is 0 Å². The van der Waals surface area contributed by atoms with Crippen molar-refractivity contribution >= 4 is 0 Å². The van der Waals surface area contributed by atoms with Gasteiger partial charge in [0.25, 0.3) is 12.7 Å². The van der Waals surface area contributed by atoms with E-state index in [2.05, 4.69) is 5.10 Å². The summed E-state index contributed by atoms with van der Waals surface area (Å²) < 4.78 is 35.9. The maximum absolute atomic E-state index is 12.2. The smallest absolute Gasteiger partial charge is 0.233 e. The van der Waals surface area contributed by atoms with Crippen molar-refractivity contribution in [2.24, 2.45) is 0 Å². The lowest BCUT2D eigenvalue weighted by atomic mass is 10.6. The van der Waals surface area contributed by atoms with Gasteiger partial charge < -0.3 is 0 Å². The largest absolute Gasteiger partial charge is 0.289 e. The monoisotopic (exact) mass is 150 g/mol. The minimum Gasteiger partial charge on any atom is -0.233 e. The Morgan fingerprint density at radius 3 is 2.40 bits per heavy atom. The molecule has 0 aliphatic rings. The Morgan fingerprint density at radius 2 is 2.00 bits per heavy atom. The van der Waals surface area contributed by atoms with Gasteiger partial charge in [0.1, 0.15) is 0 Å². The fourth-order valence-electron chi connectivity index (χ4n) is 0.542. The topological polar surface area (TPSA) is 17.8 Å². The van der Waals surface area contributed by atoms with Gasteiger partial charge >= 0.3 is 0 Å². The van der Waals surface area contributed by atoms with Crippen LogP contribution in [0.25, 0.3) is 0 Å². The van der Waals surface area contributed by atoms with E-state index in [-0.39, 0.29) is 0 Å². The van der Waals surface area contributed by atoms with Gasteiger partial charge in [-0.25, -0.2) is 17.9 Å². The van der Waals surface area contributed by atoms with Gasteiger partial charge in [-0.15, -0.1) is 0 Å². The molecule has 1 aromatic heterocycles. The zero-order valence-electron chi connectivity index (χ0n) is 4.92. The molecule has 1 rings (SSSR count). The molecular weight excluding hydrogens is 145 g/mol. The predicted octanol–water partition coefficient (Wildman–Crippen LogP) is 1.62. The lowest BCUT2D eigenvalue weighted by molar-refractivity contribution is 0.000763. The molecule has 0 N–H and O–H groups in total.